The number of carboxylic acids is 1. The molecule has 1 amide bonds. The van der Waals surface area contributed by atoms with Crippen LogP contribution < -0.4 is 10.1 Å². The van der Waals surface area contributed by atoms with Crippen molar-refractivity contribution in [1.82, 2.24) is 10.2 Å². The highest BCUT2D eigenvalue weighted by molar-refractivity contribution is 5.85. The number of ether oxygens (including phenoxy) is 1. The number of hydrogen-bond acceptors (Lipinski definition) is 4. The van der Waals surface area contributed by atoms with Crippen LogP contribution in [0.4, 0.5) is 4.39 Å². The molecule has 0 unspecified atom stereocenters. The minimum atomic E-state index is -1.09. The molecule has 0 bridgehead atoms. The normalized spacial score (nSPS) is 9.86. The van der Waals surface area contributed by atoms with Crippen LogP contribution in [0.15, 0.2) is 24.3 Å². The van der Waals surface area contributed by atoms with Crippen LogP contribution in [0.2, 0.25) is 0 Å². The number of carboxylic acid groups (broad SMARTS) is 1. The van der Waals surface area contributed by atoms with E-state index in [1.165, 1.54) is 12.1 Å². The Balaban J connectivity index is 0.00000400. The first-order valence-corrected chi connectivity index (χ1v) is 6.03. The summed E-state index contributed by atoms with van der Waals surface area (Å²) in [6.07, 6.45) is 0. The molecule has 118 valence electrons. The maximum Gasteiger partial charge on any atom is 0.322 e. The molecule has 21 heavy (non-hydrogen) atoms. The summed E-state index contributed by atoms with van der Waals surface area (Å²) in [5, 5.41) is 10.7. The summed E-state index contributed by atoms with van der Waals surface area (Å²) >= 11 is 0. The lowest BCUT2D eigenvalue weighted by molar-refractivity contribution is -0.138. The lowest BCUT2D eigenvalue weighted by Gasteiger charge is -2.16. The Hall–Kier alpha value is -1.86. The molecular weight excluding hydrogens is 303 g/mol. The zero-order valence-electron chi connectivity index (χ0n) is 11.5. The summed E-state index contributed by atoms with van der Waals surface area (Å²) in [5.74, 6) is -1.75. The highest BCUT2D eigenvalue weighted by atomic mass is 35.5. The first-order valence-electron chi connectivity index (χ1n) is 6.03. The molecule has 1 aromatic carbocycles. The zero-order chi connectivity index (χ0) is 15.0. The number of nitrogens with one attached hydrogen (secondary N) is 1. The predicted molar refractivity (Wildman–Crippen MR) is 77.3 cm³/mol. The number of carbonyl (C=O) groups excluding carboxylic acids is 1. The molecule has 0 spiro atoms. The summed E-state index contributed by atoms with van der Waals surface area (Å²) in [7, 11) is 1.69. The highest BCUT2D eigenvalue weighted by Gasteiger charge is 2.08. The van der Waals surface area contributed by atoms with Gasteiger partial charge < -0.3 is 15.2 Å². The van der Waals surface area contributed by atoms with Gasteiger partial charge in [0.05, 0.1) is 6.54 Å². The third-order valence-electron chi connectivity index (χ3n) is 2.42. The van der Waals surface area contributed by atoms with E-state index in [9.17, 15) is 14.0 Å². The lowest BCUT2D eigenvalue weighted by atomic mass is 10.3. The fourth-order valence-electron chi connectivity index (χ4n) is 1.43. The van der Waals surface area contributed by atoms with E-state index in [0.717, 1.165) is 0 Å². The number of likely N-dealkylation sites (N-methyl/N-ethyl adjacent to an activating group) is 1. The van der Waals surface area contributed by atoms with Gasteiger partial charge in [0.1, 0.15) is 13.2 Å². The Labute approximate surface area is 128 Å². The number of halogens is 2. The number of nitrogens with zero attached hydrogens (tertiary/aromatic N) is 1. The molecule has 0 aromatic heterocycles. The molecule has 6 nitrogen and oxygen atoms in total. The molecule has 0 saturated heterocycles. The number of amides is 1. The fourth-order valence-corrected chi connectivity index (χ4v) is 1.43. The Morgan fingerprint density at radius 2 is 2.05 bits per heavy atom. The topological polar surface area (TPSA) is 78.9 Å². The Morgan fingerprint density at radius 3 is 2.67 bits per heavy atom. The molecule has 0 atom stereocenters. The monoisotopic (exact) mass is 320 g/mol. The summed E-state index contributed by atoms with van der Waals surface area (Å²) in [4.78, 5) is 23.2. The smallest absolute Gasteiger partial charge is 0.322 e. The van der Waals surface area contributed by atoms with Crippen LogP contribution in [-0.4, -0.2) is 55.2 Å². The predicted octanol–water partition coefficient (Wildman–Crippen LogP) is 0.759. The standard InChI is InChI=1S/C13H17FN2O4.ClH/c1-16(9-12(17)15-8-13(18)19)6-7-20-11-5-3-2-4-10(11)14;/h2-5H,6-9H2,1H3,(H,15,17)(H,18,19);1H. The Bertz CT molecular complexity index is 473. The number of aliphatic carboxylic acids is 1. The van der Waals surface area contributed by atoms with E-state index >= 15 is 0 Å². The third kappa shape index (κ3) is 8.11. The number of hydrogen-bond donors (Lipinski definition) is 2. The van der Waals surface area contributed by atoms with Crippen molar-refractivity contribution >= 4 is 24.3 Å². The van der Waals surface area contributed by atoms with E-state index in [1.807, 2.05) is 0 Å². The van der Waals surface area contributed by atoms with Crippen LogP contribution in [0.1, 0.15) is 0 Å². The average Bonchev–Trinajstić information content (AvgIpc) is 2.38. The van der Waals surface area contributed by atoms with Crippen LogP contribution in [-0.2, 0) is 9.59 Å². The second kappa shape index (κ2) is 9.95. The Morgan fingerprint density at radius 1 is 1.38 bits per heavy atom. The first kappa shape index (κ1) is 19.1. The first-order chi connectivity index (χ1) is 9.49. The minimum absolute atomic E-state index is 0. The number of para-hydroxylation sites is 1. The molecule has 0 fully saturated rings. The molecular formula is C13H18ClFN2O4. The molecule has 0 aliphatic heterocycles. The molecule has 0 saturated carbocycles. The largest absolute Gasteiger partial charge is 0.489 e. The van der Waals surface area contributed by atoms with Crippen LogP contribution in [0.5, 0.6) is 5.75 Å². The van der Waals surface area contributed by atoms with Crippen molar-refractivity contribution in [3.8, 4) is 5.75 Å². The summed E-state index contributed by atoms with van der Waals surface area (Å²) in [6.45, 7) is 0.283. The van der Waals surface area contributed by atoms with Gasteiger partial charge in [-0.1, -0.05) is 12.1 Å². The molecule has 1 rings (SSSR count). The minimum Gasteiger partial charge on any atom is -0.489 e. The van der Waals surface area contributed by atoms with Crippen molar-refractivity contribution in [3.63, 3.8) is 0 Å². The van der Waals surface area contributed by atoms with Gasteiger partial charge in [-0.15, -0.1) is 12.4 Å². The second-order valence-electron chi connectivity index (χ2n) is 4.19. The van der Waals surface area contributed by atoms with Gasteiger partial charge in [0.25, 0.3) is 0 Å². The van der Waals surface area contributed by atoms with Crippen molar-refractivity contribution in [1.29, 1.82) is 0 Å². The van der Waals surface area contributed by atoms with Crippen molar-refractivity contribution in [3.05, 3.63) is 30.1 Å². The van der Waals surface area contributed by atoms with Gasteiger partial charge >= 0.3 is 5.97 Å². The molecule has 2 N–H and O–H groups in total. The second-order valence-corrected chi connectivity index (χ2v) is 4.19. The van der Waals surface area contributed by atoms with Crippen molar-refractivity contribution in [2.75, 3.05) is 33.3 Å². The van der Waals surface area contributed by atoms with Crippen LogP contribution >= 0.6 is 12.4 Å². The number of benzene rings is 1. The van der Waals surface area contributed by atoms with Gasteiger partial charge in [-0.3, -0.25) is 14.5 Å². The summed E-state index contributed by atoms with van der Waals surface area (Å²) < 4.78 is 18.5. The summed E-state index contributed by atoms with van der Waals surface area (Å²) in [6, 6.07) is 6.07. The summed E-state index contributed by atoms with van der Waals surface area (Å²) in [5.41, 5.74) is 0. The van der Waals surface area contributed by atoms with Crippen LogP contribution in [0, 0.1) is 5.82 Å². The molecule has 8 heteroatoms. The number of rotatable bonds is 8. The van der Waals surface area contributed by atoms with Crippen molar-refractivity contribution in [2.45, 2.75) is 0 Å². The quantitative estimate of drug-likeness (QED) is 0.739. The van der Waals surface area contributed by atoms with E-state index in [0.29, 0.717) is 6.54 Å². The van der Waals surface area contributed by atoms with E-state index in [4.69, 9.17) is 9.84 Å². The van der Waals surface area contributed by atoms with Gasteiger partial charge in [-0.25, -0.2) is 4.39 Å². The van der Waals surface area contributed by atoms with Gasteiger partial charge in [0.15, 0.2) is 11.6 Å². The van der Waals surface area contributed by atoms with Crippen molar-refractivity contribution < 1.29 is 23.8 Å². The van der Waals surface area contributed by atoms with E-state index in [1.54, 1.807) is 24.1 Å². The highest BCUT2D eigenvalue weighted by Crippen LogP contribution is 2.14. The average molecular weight is 321 g/mol. The maximum atomic E-state index is 13.2. The SMILES string of the molecule is CN(CCOc1ccccc1F)CC(=O)NCC(=O)O.Cl. The van der Waals surface area contributed by atoms with Gasteiger partial charge in [0.2, 0.25) is 5.91 Å². The molecule has 1 aromatic rings. The molecule has 0 aliphatic carbocycles. The molecule has 0 heterocycles. The van der Waals surface area contributed by atoms with Gasteiger partial charge in [-0.05, 0) is 19.2 Å². The van der Waals surface area contributed by atoms with Gasteiger partial charge in [0, 0.05) is 6.54 Å². The van der Waals surface area contributed by atoms with Crippen LogP contribution in [0.3, 0.4) is 0 Å². The molecule has 0 radical (unpaired) electrons. The van der Waals surface area contributed by atoms with E-state index in [-0.39, 0.29) is 37.2 Å². The van der Waals surface area contributed by atoms with E-state index < -0.39 is 18.3 Å². The van der Waals surface area contributed by atoms with Crippen LogP contribution in [0.25, 0.3) is 0 Å². The third-order valence-corrected chi connectivity index (χ3v) is 2.42. The van der Waals surface area contributed by atoms with Crippen molar-refractivity contribution in [2.24, 2.45) is 0 Å². The fraction of sp³-hybridized carbons (Fsp3) is 0.385. The maximum absolute atomic E-state index is 13.2. The zero-order valence-corrected chi connectivity index (χ0v) is 12.4. The van der Waals surface area contributed by atoms with Gasteiger partial charge in [-0.2, -0.15) is 0 Å². The number of carbonyl (C=O) groups is 2. The molecule has 0 aliphatic rings. The lowest BCUT2D eigenvalue weighted by Crippen LogP contribution is -2.39. The van der Waals surface area contributed by atoms with E-state index in [2.05, 4.69) is 5.32 Å². The Kier molecular flexibility index (Phi) is 9.07.